The fourth-order valence-corrected chi connectivity index (χ4v) is 1.88. The number of rotatable bonds is 5. The Balaban J connectivity index is 2.60. The third kappa shape index (κ3) is 4.23. The number of hydrogen-bond donors (Lipinski definition) is 1. The molecule has 0 aromatic carbocycles. The third-order valence-electron chi connectivity index (χ3n) is 1.83. The van der Waals surface area contributed by atoms with Crippen molar-refractivity contribution in [3.63, 3.8) is 0 Å². The molecule has 10 heteroatoms. The molecule has 17 heavy (non-hydrogen) atoms. The quantitative estimate of drug-likeness (QED) is 0.851. The minimum absolute atomic E-state index is 0.0386. The van der Waals surface area contributed by atoms with E-state index in [4.69, 9.17) is 23.2 Å². The molecular weight excluding hydrogens is 289 g/mol. The van der Waals surface area contributed by atoms with Crippen LogP contribution in [0.3, 0.4) is 0 Å². The Hall–Kier alpha value is -0.700. The van der Waals surface area contributed by atoms with Crippen molar-refractivity contribution >= 4 is 39.0 Å². The molecule has 0 spiro atoms. The van der Waals surface area contributed by atoms with E-state index in [9.17, 15) is 8.42 Å². The van der Waals surface area contributed by atoms with Gasteiger partial charge in [0.05, 0.1) is 5.75 Å². The standard InChI is InChI=1S/C7H11Cl2N5O2S/c1-14(2)17(15,16)4-3-10-6-5(8)12-13-7(9)11-6/h3-4H2,1-2H3,(H,10,11,13). The lowest BCUT2D eigenvalue weighted by molar-refractivity contribution is 0.521. The van der Waals surface area contributed by atoms with E-state index >= 15 is 0 Å². The molecule has 1 heterocycles. The molecule has 0 fully saturated rings. The Morgan fingerprint density at radius 2 is 1.94 bits per heavy atom. The number of nitrogens with one attached hydrogen (secondary N) is 1. The maximum absolute atomic E-state index is 11.5. The zero-order valence-corrected chi connectivity index (χ0v) is 11.5. The summed E-state index contributed by atoms with van der Waals surface area (Å²) in [5.41, 5.74) is 0. The van der Waals surface area contributed by atoms with Gasteiger partial charge in [0.15, 0.2) is 11.0 Å². The molecule has 7 nitrogen and oxygen atoms in total. The van der Waals surface area contributed by atoms with Gasteiger partial charge >= 0.3 is 0 Å². The summed E-state index contributed by atoms with van der Waals surface area (Å²) in [4.78, 5) is 3.78. The molecule has 1 N–H and O–H groups in total. The van der Waals surface area contributed by atoms with Gasteiger partial charge in [0, 0.05) is 20.6 Å². The van der Waals surface area contributed by atoms with E-state index in [1.54, 1.807) is 0 Å². The first-order valence-corrected chi connectivity index (χ1v) is 6.89. The Labute approximate surface area is 109 Å². The number of anilines is 1. The van der Waals surface area contributed by atoms with E-state index < -0.39 is 10.0 Å². The van der Waals surface area contributed by atoms with Crippen LogP contribution >= 0.6 is 23.2 Å². The molecule has 0 aliphatic rings. The van der Waals surface area contributed by atoms with Gasteiger partial charge in [-0.1, -0.05) is 11.6 Å². The molecule has 96 valence electrons. The van der Waals surface area contributed by atoms with Crippen molar-refractivity contribution in [1.82, 2.24) is 19.5 Å². The van der Waals surface area contributed by atoms with Gasteiger partial charge in [0.25, 0.3) is 0 Å². The normalized spacial score (nSPS) is 11.8. The maximum Gasteiger partial charge on any atom is 0.245 e. The summed E-state index contributed by atoms with van der Waals surface area (Å²) in [6, 6.07) is 0. The van der Waals surface area contributed by atoms with E-state index in [0.717, 1.165) is 4.31 Å². The molecule has 0 saturated carbocycles. The first-order chi connectivity index (χ1) is 7.83. The van der Waals surface area contributed by atoms with Crippen LogP contribution in [0.15, 0.2) is 0 Å². The molecular formula is C7H11Cl2N5O2S. The monoisotopic (exact) mass is 299 g/mol. The first kappa shape index (κ1) is 14.4. The lowest BCUT2D eigenvalue weighted by atomic mass is 10.6. The Bertz CT molecular complexity index is 493. The fraction of sp³-hybridized carbons (Fsp3) is 0.571. The lowest BCUT2D eigenvalue weighted by Gasteiger charge is -2.11. The predicted octanol–water partition coefficient (Wildman–Crippen LogP) is 0.482. The largest absolute Gasteiger partial charge is 0.366 e. The van der Waals surface area contributed by atoms with Crippen LogP contribution in [0.2, 0.25) is 10.4 Å². The molecule has 1 rings (SSSR count). The summed E-state index contributed by atoms with van der Waals surface area (Å²) < 4.78 is 24.0. The van der Waals surface area contributed by atoms with Gasteiger partial charge < -0.3 is 5.32 Å². The zero-order valence-electron chi connectivity index (χ0n) is 9.18. The van der Waals surface area contributed by atoms with Crippen LogP contribution in [0.1, 0.15) is 0 Å². The number of hydrogen-bond acceptors (Lipinski definition) is 6. The van der Waals surface area contributed by atoms with Crippen molar-refractivity contribution < 1.29 is 8.42 Å². The van der Waals surface area contributed by atoms with Crippen LogP contribution in [0.25, 0.3) is 0 Å². The minimum atomic E-state index is -3.26. The van der Waals surface area contributed by atoms with Crippen LogP contribution in [0.4, 0.5) is 5.82 Å². The summed E-state index contributed by atoms with van der Waals surface area (Å²) in [6.07, 6.45) is 0. The molecule has 0 aliphatic carbocycles. The summed E-state index contributed by atoms with van der Waals surface area (Å²) in [5, 5.41) is 9.66. The van der Waals surface area contributed by atoms with Gasteiger partial charge in [-0.25, -0.2) is 12.7 Å². The number of sulfonamides is 1. The highest BCUT2D eigenvalue weighted by Crippen LogP contribution is 2.16. The lowest BCUT2D eigenvalue weighted by Crippen LogP contribution is -2.28. The van der Waals surface area contributed by atoms with Crippen LogP contribution < -0.4 is 5.32 Å². The Morgan fingerprint density at radius 1 is 1.29 bits per heavy atom. The molecule has 0 radical (unpaired) electrons. The van der Waals surface area contributed by atoms with Crippen molar-refractivity contribution in [2.24, 2.45) is 0 Å². The average Bonchev–Trinajstić information content (AvgIpc) is 2.22. The fourth-order valence-electron chi connectivity index (χ4n) is 0.887. The number of aromatic nitrogens is 3. The summed E-state index contributed by atoms with van der Waals surface area (Å²) in [5.74, 6) is 0.124. The van der Waals surface area contributed by atoms with E-state index in [1.165, 1.54) is 14.1 Å². The topological polar surface area (TPSA) is 88.1 Å². The van der Waals surface area contributed by atoms with Gasteiger partial charge in [0.2, 0.25) is 15.3 Å². The number of halogens is 2. The second-order valence-corrected chi connectivity index (χ2v) is 6.24. The van der Waals surface area contributed by atoms with E-state index in [1.807, 2.05) is 0 Å². The molecule has 0 unspecified atom stereocenters. The molecule has 1 aromatic rings. The highest BCUT2D eigenvalue weighted by Gasteiger charge is 2.13. The van der Waals surface area contributed by atoms with Crippen molar-refractivity contribution in [3.05, 3.63) is 10.4 Å². The Kier molecular flexibility index (Phi) is 4.87. The van der Waals surface area contributed by atoms with Gasteiger partial charge in [0.1, 0.15) is 0 Å². The SMILES string of the molecule is CN(C)S(=O)(=O)CCNc1nc(Cl)nnc1Cl. The molecule has 0 aliphatic heterocycles. The molecule has 0 atom stereocenters. The van der Waals surface area contributed by atoms with Gasteiger partial charge in [-0.3, -0.25) is 0 Å². The molecule has 0 amide bonds. The summed E-state index contributed by atoms with van der Waals surface area (Å²) in [7, 11) is -0.333. The van der Waals surface area contributed by atoms with Gasteiger partial charge in [-0.05, 0) is 11.6 Å². The average molecular weight is 300 g/mol. The number of nitrogens with zero attached hydrogens (tertiary/aromatic N) is 4. The smallest absolute Gasteiger partial charge is 0.245 e. The van der Waals surface area contributed by atoms with Gasteiger partial charge in [-0.15, -0.1) is 10.2 Å². The van der Waals surface area contributed by atoms with Crippen LogP contribution in [-0.4, -0.2) is 54.3 Å². The van der Waals surface area contributed by atoms with Crippen molar-refractivity contribution in [1.29, 1.82) is 0 Å². The van der Waals surface area contributed by atoms with Crippen LogP contribution in [0.5, 0.6) is 0 Å². The van der Waals surface area contributed by atoms with Crippen LogP contribution in [-0.2, 0) is 10.0 Å². The van der Waals surface area contributed by atoms with Crippen molar-refractivity contribution in [2.75, 3.05) is 31.7 Å². The molecule has 0 saturated heterocycles. The van der Waals surface area contributed by atoms with E-state index in [2.05, 4.69) is 20.5 Å². The predicted molar refractivity (Wildman–Crippen MR) is 65.8 cm³/mol. The third-order valence-corrected chi connectivity index (χ3v) is 4.08. The summed E-state index contributed by atoms with van der Waals surface area (Å²) >= 11 is 11.2. The van der Waals surface area contributed by atoms with E-state index in [0.29, 0.717) is 0 Å². The second-order valence-electron chi connectivity index (χ2n) is 3.25. The minimum Gasteiger partial charge on any atom is -0.366 e. The van der Waals surface area contributed by atoms with E-state index in [-0.39, 0.29) is 28.6 Å². The summed E-state index contributed by atoms with van der Waals surface area (Å²) in [6.45, 7) is 0.148. The zero-order chi connectivity index (χ0) is 13.1. The van der Waals surface area contributed by atoms with Crippen molar-refractivity contribution in [3.8, 4) is 0 Å². The van der Waals surface area contributed by atoms with Crippen LogP contribution in [0, 0.1) is 0 Å². The van der Waals surface area contributed by atoms with Crippen molar-refractivity contribution in [2.45, 2.75) is 0 Å². The first-order valence-electron chi connectivity index (χ1n) is 4.52. The highest BCUT2D eigenvalue weighted by atomic mass is 35.5. The maximum atomic E-state index is 11.5. The molecule has 1 aromatic heterocycles. The van der Waals surface area contributed by atoms with Gasteiger partial charge in [-0.2, -0.15) is 4.98 Å². The Morgan fingerprint density at radius 3 is 2.53 bits per heavy atom. The molecule has 0 bridgehead atoms. The highest BCUT2D eigenvalue weighted by molar-refractivity contribution is 7.89. The second kappa shape index (κ2) is 5.76.